The first kappa shape index (κ1) is 13.6. The quantitative estimate of drug-likeness (QED) is 0.919. The summed E-state index contributed by atoms with van der Waals surface area (Å²) in [6.45, 7) is 3.92. The van der Waals surface area contributed by atoms with Gasteiger partial charge < -0.3 is 9.88 Å². The number of likely N-dealkylation sites (N-methyl/N-ethyl adjacent to an activating group) is 1. The molecule has 0 spiro atoms. The third-order valence-electron chi connectivity index (χ3n) is 4.00. The molecule has 0 saturated carbocycles. The number of nitrogens with zero attached hydrogens (tertiary/aromatic N) is 3. The molecule has 3 rings (SSSR count). The lowest BCUT2D eigenvalue weighted by molar-refractivity contribution is 0.133. The van der Waals surface area contributed by atoms with Crippen molar-refractivity contribution in [3.8, 4) is 6.07 Å². The van der Waals surface area contributed by atoms with E-state index in [-0.39, 0.29) is 6.04 Å². The Labute approximate surface area is 127 Å². The topological polar surface area (TPSA) is 46.1 Å². The van der Waals surface area contributed by atoms with E-state index >= 15 is 0 Å². The van der Waals surface area contributed by atoms with E-state index in [0.717, 1.165) is 47.1 Å². The fourth-order valence-corrected chi connectivity index (χ4v) is 3.13. The summed E-state index contributed by atoms with van der Waals surface area (Å²) in [7, 11) is 2.13. The van der Waals surface area contributed by atoms with Crippen molar-refractivity contribution in [2.75, 3.05) is 33.2 Å². The lowest BCUT2D eigenvalue weighted by Gasteiger charge is -2.35. The van der Waals surface area contributed by atoms with Gasteiger partial charge in [0.05, 0.1) is 6.07 Å². The average Bonchev–Trinajstić information content (AvgIpc) is 2.85. The van der Waals surface area contributed by atoms with Crippen LogP contribution in [0, 0.1) is 11.3 Å². The van der Waals surface area contributed by atoms with Gasteiger partial charge in [-0.15, -0.1) is 0 Å². The van der Waals surface area contributed by atoms with Crippen LogP contribution in [0.15, 0.2) is 28.9 Å². The number of hydrogen-bond acceptors (Lipinski definition) is 3. The minimum absolute atomic E-state index is 0.174. The lowest BCUT2D eigenvalue weighted by Crippen LogP contribution is -2.45. The van der Waals surface area contributed by atoms with E-state index in [1.807, 2.05) is 18.3 Å². The zero-order valence-corrected chi connectivity index (χ0v) is 13.0. The van der Waals surface area contributed by atoms with Crippen molar-refractivity contribution >= 4 is 26.8 Å². The van der Waals surface area contributed by atoms with E-state index in [4.69, 9.17) is 0 Å². The third-order valence-corrected chi connectivity index (χ3v) is 4.49. The molecule has 1 saturated heterocycles. The van der Waals surface area contributed by atoms with Gasteiger partial charge in [0.2, 0.25) is 0 Å². The smallest absolute Gasteiger partial charge is 0.126 e. The van der Waals surface area contributed by atoms with Crippen LogP contribution in [-0.4, -0.2) is 48.0 Å². The number of H-pyrrole nitrogens is 1. The van der Waals surface area contributed by atoms with Crippen LogP contribution in [0.2, 0.25) is 0 Å². The molecular weight excluding hydrogens is 316 g/mol. The molecule has 1 aromatic heterocycles. The molecule has 1 aliphatic heterocycles. The highest BCUT2D eigenvalue weighted by Gasteiger charge is 2.25. The summed E-state index contributed by atoms with van der Waals surface area (Å²) >= 11 is 3.51. The van der Waals surface area contributed by atoms with Gasteiger partial charge in [0, 0.05) is 53.3 Å². The van der Waals surface area contributed by atoms with Gasteiger partial charge >= 0.3 is 0 Å². The number of hydrogen-bond donors (Lipinski definition) is 1. The first-order valence-corrected chi connectivity index (χ1v) is 7.57. The normalized spacial score (nSPS) is 19.1. The van der Waals surface area contributed by atoms with E-state index in [1.54, 1.807) is 0 Å². The summed E-state index contributed by atoms with van der Waals surface area (Å²) in [6, 6.07) is 8.44. The fraction of sp³-hybridized carbons (Fsp3) is 0.400. The molecule has 5 heteroatoms. The zero-order chi connectivity index (χ0) is 14.1. The molecule has 0 radical (unpaired) electrons. The maximum absolute atomic E-state index is 9.61. The van der Waals surface area contributed by atoms with Crippen LogP contribution in [0.1, 0.15) is 11.6 Å². The highest BCUT2D eigenvalue weighted by Crippen LogP contribution is 2.30. The van der Waals surface area contributed by atoms with Crippen molar-refractivity contribution in [2.24, 2.45) is 0 Å². The van der Waals surface area contributed by atoms with Crippen molar-refractivity contribution in [1.29, 1.82) is 5.26 Å². The zero-order valence-electron chi connectivity index (χ0n) is 11.4. The Balaban J connectivity index is 1.95. The molecule has 1 N–H and O–H groups in total. The Bertz CT molecular complexity index is 649. The van der Waals surface area contributed by atoms with E-state index in [9.17, 15) is 5.26 Å². The Kier molecular flexibility index (Phi) is 3.79. The van der Waals surface area contributed by atoms with E-state index in [2.05, 4.69) is 49.9 Å². The average molecular weight is 333 g/mol. The minimum Gasteiger partial charge on any atom is -0.361 e. The van der Waals surface area contributed by atoms with Crippen molar-refractivity contribution in [1.82, 2.24) is 14.8 Å². The van der Waals surface area contributed by atoms with Gasteiger partial charge in [-0.3, -0.25) is 4.90 Å². The molecule has 0 aliphatic carbocycles. The van der Waals surface area contributed by atoms with Gasteiger partial charge in [0.25, 0.3) is 0 Å². The first-order valence-electron chi connectivity index (χ1n) is 6.78. The predicted octanol–water partition coefficient (Wildman–Crippen LogP) is 2.74. The number of nitrogens with one attached hydrogen (secondary N) is 1. The van der Waals surface area contributed by atoms with Crippen LogP contribution < -0.4 is 0 Å². The Morgan fingerprint density at radius 1 is 1.30 bits per heavy atom. The molecule has 104 valence electrons. The van der Waals surface area contributed by atoms with Crippen molar-refractivity contribution in [3.63, 3.8) is 0 Å². The maximum atomic E-state index is 9.61. The summed E-state index contributed by atoms with van der Waals surface area (Å²) < 4.78 is 1.04. The fourth-order valence-electron chi connectivity index (χ4n) is 2.77. The molecule has 0 bridgehead atoms. The van der Waals surface area contributed by atoms with Crippen molar-refractivity contribution < 1.29 is 0 Å². The van der Waals surface area contributed by atoms with Crippen LogP contribution >= 0.6 is 15.9 Å². The number of aromatic amines is 1. The largest absolute Gasteiger partial charge is 0.361 e. The van der Waals surface area contributed by atoms with Crippen molar-refractivity contribution in [3.05, 3.63) is 34.4 Å². The second-order valence-corrected chi connectivity index (χ2v) is 6.22. The number of benzene rings is 1. The van der Waals surface area contributed by atoms with Crippen LogP contribution in [-0.2, 0) is 0 Å². The Hall–Kier alpha value is -1.35. The number of rotatable bonds is 2. The Morgan fingerprint density at radius 2 is 2.05 bits per heavy atom. The van der Waals surface area contributed by atoms with E-state index in [0.29, 0.717) is 0 Å². The Morgan fingerprint density at radius 3 is 2.75 bits per heavy atom. The van der Waals surface area contributed by atoms with E-state index < -0.39 is 0 Å². The molecule has 1 unspecified atom stereocenters. The second kappa shape index (κ2) is 5.57. The number of halogens is 1. The molecule has 4 nitrogen and oxygen atoms in total. The van der Waals surface area contributed by atoms with Gasteiger partial charge in [0.1, 0.15) is 6.04 Å². The van der Waals surface area contributed by atoms with Gasteiger partial charge in [-0.2, -0.15) is 5.26 Å². The summed E-state index contributed by atoms with van der Waals surface area (Å²) in [5.41, 5.74) is 2.16. The standard InChI is InChI=1S/C15H17BrN4/c1-19-4-6-20(7-5-19)15(9-17)13-10-18-14-3-2-11(16)8-12(13)14/h2-3,8,10,15,18H,4-7H2,1H3. The van der Waals surface area contributed by atoms with Gasteiger partial charge in [-0.25, -0.2) is 0 Å². The summed E-state index contributed by atoms with van der Waals surface area (Å²) in [6.07, 6.45) is 1.98. The maximum Gasteiger partial charge on any atom is 0.126 e. The minimum atomic E-state index is -0.174. The molecule has 1 aromatic carbocycles. The summed E-state index contributed by atoms with van der Waals surface area (Å²) in [5.74, 6) is 0. The van der Waals surface area contributed by atoms with Crippen LogP contribution in [0.3, 0.4) is 0 Å². The van der Waals surface area contributed by atoms with Crippen LogP contribution in [0.4, 0.5) is 0 Å². The molecule has 1 fully saturated rings. The van der Waals surface area contributed by atoms with E-state index in [1.165, 1.54) is 0 Å². The van der Waals surface area contributed by atoms with Crippen LogP contribution in [0.25, 0.3) is 10.9 Å². The van der Waals surface area contributed by atoms with Crippen molar-refractivity contribution in [2.45, 2.75) is 6.04 Å². The number of piperazine rings is 1. The monoisotopic (exact) mass is 332 g/mol. The lowest BCUT2D eigenvalue weighted by atomic mass is 10.0. The SMILES string of the molecule is CN1CCN(C(C#N)c2c[nH]c3ccc(Br)cc23)CC1. The van der Waals surface area contributed by atoms with Crippen LogP contribution in [0.5, 0.6) is 0 Å². The molecule has 20 heavy (non-hydrogen) atoms. The predicted molar refractivity (Wildman–Crippen MR) is 83.4 cm³/mol. The summed E-state index contributed by atoms with van der Waals surface area (Å²) in [4.78, 5) is 7.84. The number of aromatic nitrogens is 1. The first-order chi connectivity index (χ1) is 9.69. The molecule has 0 amide bonds. The molecule has 1 atom stereocenters. The molecular formula is C15H17BrN4. The van der Waals surface area contributed by atoms with Gasteiger partial charge in [-0.1, -0.05) is 15.9 Å². The van der Waals surface area contributed by atoms with Gasteiger partial charge in [-0.05, 0) is 25.2 Å². The highest BCUT2D eigenvalue weighted by atomic mass is 79.9. The third kappa shape index (κ3) is 2.47. The summed E-state index contributed by atoms with van der Waals surface area (Å²) in [5, 5.41) is 10.7. The second-order valence-electron chi connectivity index (χ2n) is 5.30. The van der Waals surface area contributed by atoms with Gasteiger partial charge in [0.15, 0.2) is 0 Å². The number of nitriles is 1. The highest BCUT2D eigenvalue weighted by molar-refractivity contribution is 9.10. The molecule has 2 heterocycles. The molecule has 1 aliphatic rings. The number of fused-ring (bicyclic) bond motifs is 1. The molecule has 2 aromatic rings.